The number of ether oxygens (including phenoxy) is 1. The van der Waals surface area contributed by atoms with E-state index in [0.29, 0.717) is 16.3 Å². The van der Waals surface area contributed by atoms with E-state index in [0.717, 1.165) is 10.9 Å². The highest BCUT2D eigenvalue weighted by atomic mass is 35.5. The molecular weight excluding hydrogens is 328 g/mol. The van der Waals surface area contributed by atoms with Gasteiger partial charge in [0.05, 0.1) is 12.7 Å². The highest BCUT2D eigenvalue weighted by Crippen LogP contribution is 2.24. The summed E-state index contributed by atoms with van der Waals surface area (Å²) in [5.41, 5.74) is 1.95. The number of aromatic nitrogens is 1. The van der Waals surface area contributed by atoms with Crippen LogP contribution in [0.3, 0.4) is 0 Å². The second-order valence-corrected chi connectivity index (χ2v) is 5.64. The molecule has 0 fully saturated rings. The predicted molar refractivity (Wildman–Crippen MR) is 93.4 cm³/mol. The molecule has 1 aromatic heterocycles. The van der Waals surface area contributed by atoms with E-state index in [1.165, 1.54) is 7.11 Å². The van der Waals surface area contributed by atoms with Gasteiger partial charge >= 0.3 is 5.97 Å². The third-order valence-corrected chi connectivity index (χ3v) is 3.99. The number of nitrogens with zero attached hydrogens (tertiary/aromatic N) is 1. The summed E-state index contributed by atoms with van der Waals surface area (Å²) in [5, 5.41) is 4.37. The fraction of sp³-hybridized carbons (Fsp3) is 0.111. The summed E-state index contributed by atoms with van der Waals surface area (Å²) in [5.74, 6) is -0.582. The standard InChI is InChI=1S/C18H15ClN2O3/c1-24-18(23)12-5-7-13(8-6-12)20-17(22)11-21-10-9-14-15(19)3-2-4-16(14)21/h2-10H,11H2,1H3,(H,20,22). The lowest BCUT2D eigenvalue weighted by Gasteiger charge is -2.08. The van der Waals surface area contributed by atoms with Crippen LogP contribution in [0.15, 0.2) is 54.7 Å². The number of benzene rings is 2. The minimum absolute atomic E-state index is 0.168. The van der Waals surface area contributed by atoms with Crippen LogP contribution in [-0.4, -0.2) is 23.6 Å². The Morgan fingerprint density at radius 2 is 1.88 bits per heavy atom. The Labute approximate surface area is 143 Å². The average molecular weight is 343 g/mol. The topological polar surface area (TPSA) is 60.3 Å². The number of carbonyl (C=O) groups is 2. The first-order valence-electron chi connectivity index (χ1n) is 7.30. The summed E-state index contributed by atoms with van der Waals surface area (Å²) in [6, 6.07) is 14.0. The van der Waals surface area contributed by atoms with Crippen LogP contribution in [0.5, 0.6) is 0 Å². The molecule has 0 aliphatic heterocycles. The molecule has 0 spiro atoms. The molecule has 122 valence electrons. The Morgan fingerprint density at radius 1 is 1.12 bits per heavy atom. The molecule has 24 heavy (non-hydrogen) atoms. The molecule has 5 nitrogen and oxygen atoms in total. The highest BCUT2D eigenvalue weighted by molar-refractivity contribution is 6.35. The van der Waals surface area contributed by atoms with Crippen LogP contribution in [0, 0.1) is 0 Å². The number of halogens is 1. The molecular formula is C18H15ClN2O3. The molecule has 0 aliphatic rings. The van der Waals surface area contributed by atoms with E-state index in [-0.39, 0.29) is 12.5 Å². The third kappa shape index (κ3) is 3.26. The van der Waals surface area contributed by atoms with Gasteiger partial charge < -0.3 is 14.6 Å². The van der Waals surface area contributed by atoms with Gasteiger partial charge in [-0.2, -0.15) is 0 Å². The fourth-order valence-electron chi connectivity index (χ4n) is 2.49. The molecule has 0 unspecified atom stereocenters. The quantitative estimate of drug-likeness (QED) is 0.735. The summed E-state index contributed by atoms with van der Waals surface area (Å²) >= 11 is 6.14. The van der Waals surface area contributed by atoms with E-state index >= 15 is 0 Å². The van der Waals surface area contributed by atoms with Gasteiger partial charge in [0.1, 0.15) is 6.54 Å². The van der Waals surface area contributed by atoms with E-state index in [9.17, 15) is 9.59 Å². The van der Waals surface area contributed by atoms with Gasteiger partial charge in [-0.05, 0) is 42.5 Å². The van der Waals surface area contributed by atoms with Crippen LogP contribution in [0.25, 0.3) is 10.9 Å². The van der Waals surface area contributed by atoms with Gasteiger partial charge in [0.15, 0.2) is 0 Å². The minimum Gasteiger partial charge on any atom is -0.465 e. The predicted octanol–water partition coefficient (Wildman–Crippen LogP) is 3.72. The van der Waals surface area contributed by atoms with E-state index in [1.807, 2.05) is 35.0 Å². The number of fused-ring (bicyclic) bond motifs is 1. The number of amides is 1. The second kappa shape index (κ2) is 6.76. The molecule has 2 aromatic carbocycles. The lowest BCUT2D eigenvalue weighted by atomic mass is 10.2. The lowest BCUT2D eigenvalue weighted by Crippen LogP contribution is -2.18. The number of anilines is 1. The smallest absolute Gasteiger partial charge is 0.337 e. The van der Waals surface area contributed by atoms with Crippen molar-refractivity contribution in [2.75, 3.05) is 12.4 Å². The Hall–Kier alpha value is -2.79. The van der Waals surface area contributed by atoms with Gasteiger partial charge in [0.2, 0.25) is 5.91 Å². The van der Waals surface area contributed by atoms with Crippen LogP contribution in [-0.2, 0) is 16.1 Å². The van der Waals surface area contributed by atoms with Crippen molar-refractivity contribution in [3.63, 3.8) is 0 Å². The molecule has 3 aromatic rings. The molecule has 1 N–H and O–H groups in total. The Balaban J connectivity index is 1.71. The summed E-state index contributed by atoms with van der Waals surface area (Å²) in [6.45, 7) is 0.169. The molecule has 3 rings (SSSR count). The number of rotatable bonds is 4. The molecule has 0 atom stereocenters. The zero-order valence-electron chi connectivity index (χ0n) is 13.0. The molecule has 0 radical (unpaired) electrons. The van der Waals surface area contributed by atoms with Crippen molar-refractivity contribution in [1.82, 2.24) is 4.57 Å². The van der Waals surface area contributed by atoms with Crippen molar-refractivity contribution in [1.29, 1.82) is 0 Å². The van der Waals surface area contributed by atoms with Gasteiger partial charge in [0.25, 0.3) is 0 Å². The SMILES string of the molecule is COC(=O)c1ccc(NC(=O)Cn2ccc3c(Cl)cccc32)cc1. The van der Waals surface area contributed by atoms with E-state index in [2.05, 4.69) is 10.1 Å². The molecule has 1 heterocycles. The monoisotopic (exact) mass is 342 g/mol. The Morgan fingerprint density at radius 3 is 2.58 bits per heavy atom. The second-order valence-electron chi connectivity index (χ2n) is 5.23. The Bertz CT molecular complexity index is 900. The number of hydrogen-bond acceptors (Lipinski definition) is 3. The van der Waals surface area contributed by atoms with Crippen LogP contribution in [0.1, 0.15) is 10.4 Å². The van der Waals surface area contributed by atoms with Gasteiger partial charge in [-0.15, -0.1) is 0 Å². The molecule has 0 saturated carbocycles. The Kier molecular flexibility index (Phi) is 4.53. The maximum absolute atomic E-state index is 12.2. The number of carbonyl (C=O) groups excluding carboxylic acids is 2. The van der Waals surface area contributed by atoms with Crippen molar-refractivity contribution < 1.29 is 14.3 Å². The van der Waals surface area contributed by atoms with Crippen molar-refractivity contribution in [3.8, 4) is 0 Å². The number of hydrogen-bond donors (Lipinski definition) is 1. The van der Waals surface area contributed by atoms with Gasteiger partial charge in [-0.25, -0.2) is 4.79 Å². The first kappa shape index (κ1) is 16.1. The first-order chi connectivity index (χ1) is 11.6. The minimum atomic E-state index is -0.413. The van der Waals surface area contributed by atoms with E-state index < -0.39 is 5.97 Å². The number of esters is 1. The van der Waals surface area contributed by atoms with E-state index in [1.54, 1.807) is 24.3 Å². The molecule has 0 saturated heterocycles. The zero-order chi connectivity index (χ0) is 17.1. The molecule has 0 bridgehead atoms. The first-order valence-corrected chi connectivity index (χ1v) is 7.68. The van der Waals surface area contributed by atoms with Crippen molar-refractivity contribution >= 4 is 40.1 Å². The van der Waals surface area contributed by atoms with E-state index in [4.69, 9.17) is 11.6 Å². The fourth-order valence-corrected chi connectivity index (χ4v) is 2.72. The van der Waals surface area contributed by atoms with Crippen LogP contribution >= 0.6 is 11.6 Å². The summed E-state index contributed by atoms with van der Waals surface area (Å²) in [7, 11) is 1.33. The number of nitrogens with one attached hydrogen (secondary N) is 1. The van der Waals surface area contributed by atoms with Crippen molar-refractivity contribution in [2.24, 2.45) is 0 Å². The largest absolute Gasteiger partial charge is 0.465 e. The molecule has 0 aliphatic carbocycles. The third-order valence-electron chi connectivity index (χ3n) is 3.66. The summed E-state index contributed by atoms with van der Waals surface area (Å²) < 4.78 is 6.47. The lowest BCUT2D eigenvalue weighted by molar-refractivity contribution is -0.116. The van der Waals surface area contributed by atoms with Crippen LogP contribution in [0.4, 0.5) is 5.69 Å². The number of methoxy groups -OCH3 is 1. The van der Waals surface area contributed by atoms with Gasteiger partial charge in [-0.3, -0.25) is 4.79 Å². The van der Waals surface area contributed by atoms with Crippen molar-refractivity contribution in [2.45, 2.75) is 6.54 Å². The molecule has 6 heteroatoms. The molecule has 1 amide bonds. The van der Waals surface area contributed by atoms with Crippen LogP contribution < -0.4 is 5.32 Å². The van der Waals surface area contributed by atoms with Crippen molar-refractivity contribution in [3.05, 3.63) is 65.3 Å². The normalized spacial score (nSPS) is 10.6. The summed E-state index contributed by atoms with van der Waals surface area (Å²) in [4.78, 5) is 23.6. The maximum atomic E-state index is 12.2. The maximum Gasteiger partial charge on any atom is 0.337 e. The zero-order valence-corrected chi connectivity index (χ0v) is 13.7. The van der Waals surface area contributed by atoms with Gasteiger partial charge in [-0.1, -0.05) is 17.7 Å². The van der Waals surface area contributed by atoms with Crippen LogP contribution in [0.2, 0.25) is 5.02 Å². The average Bonchev–Trinajstić information content (AvgIpc) is 2.99. The summed E-state index contributed by atoms with van der Waals surface area (Å²) in [6.07, 6.45) is 1.83. The van der Waals surface area contributed by atoms with Gasteiger partial charge in [0, 0.05) is 27.8 Å². The highest BCUT2D eigenvalue weighted by Gasteiger charge is 2.09.